The molecule has 7 nitrogen and oxygen atoms in total. The summed E-state index contributed by atoms with van der Waals surface area (Å²) in [6.45, 7) is 6.48. The van der Waals surface area contributed by atoms with Gasteiger partial charge in [-0.3, -0.25) is 4.79 Å². The quantitative estimate of drug-likeness (QED) is 0.670. The van der Waals surface area contributed by atoms with Gasteiger partial charge in [-0.25, -0.2) is 4.68 Å². The first-order valence-corrected chi connectivity index (χ1v) is 8.27. The summed E-state index contributed by atoms with van der Waals surface area (Å²) < 4.78 is 1.86. The van der Waals surface area contributed by atoms with Crippen LogP contribution in [0, 0.1) is 0 Å². The Morgan fingerprint density at radius 1 is 1.62 bits per heavy atom. The Kier molecular flexibility index (Phi) is 5.21. The molecule has 2 rings (SSSR count). The van der Waals surface area contributed by atoms with Gasteiger partial charge in [-0.15, -0.1) is 5.10 Å². The molecule has 8 heteroatoms. The Labute approximate surface area is 128 Å². The van der Waals surface area contributed by atoms with Gasteiger partial charge >= 0.3 is 5.97 Å². The number of nitrogens with zero attached hydrogens (tertiary/aromatic N) is 4. The molecule has 0 aliphatic heterocycles. The summed E-state index contributed by atoms with van der Waals surface area (Å²) in [5, 5.41) is 25.3. The van der Waals surface area contributed by atoms with Crippen molar-refractivity contribution in [3.63, 3.8) is 0 Å². The third-order valence-corrected chi connectivity index (χ3v) is 4.64. The van der Waals surface area contributed by atoms with E-state index < -0.39 is 11.5 Å². The Balaban J connectivity index is 1.96. The second-order valence-electron chi connectivity index (χ2n) is 5.83. The molecule has 1 fully saturated rings. The molecule has 2 unspecified atom stereocenters. The molecular formula is C13H23N5O2S. The maximum atomic E-state index is 11.5. The zero-order chi connectivity index (χ0) is 15.5. The van der Waals surface area contributed by atoms with Gasteiger partial charge in [0.2, 0.25) is 5.16 Å². The minimum Gasteiger partial charge on any atom is -0.480 e. The van der Waals surface area contributed by atoms with Crippen molar-refractivity contribution < 1.29 is 9.90 Å². The summed E-state index contributed by atoms with van der Waals surface area (Å²) in [7, 11) is 0. The summed E-state index contributed by atoms with van der Waals surface area (Å²) in [4.78, 5) is 11.5. The van der Waals surface area contributed by atoms with Crippen LogP contribution in [-0.4, -0.2) is 48.6 Å². The van der Waals surface area contributed by atoms with Gasteiger partial charge in [0.1, 0.15) is 5.54 Å². The first kappa shape index (κ1) is 16.2. The molecule has 0 bridgehead atoms. The van der Waals surface area contributed by atoms with Crippen LogP contribution in [0.1, 0.15) is 52.5 Å². The molecule has 2 N–H and O–H groups in total. The molecular weight excluding hydrogens is 290 g/mol. The van der Waals surface area contributed by atoms with Crippen molar-refractivity contribution in [2.24, 2.45) is 0 Å². The van der Waals surface area contributed by atoms with Crippen molar-refractivity contribution in [3.8, 4) is 0 Å². The van der Waals surface area contributed by atoms with Crippen LogP contribution in [-0.2, 0) is 4.79 Å². The molecule has 1 aromatic heterocycles. The lowest BCUT2D eigenvalue weighted by molar-refractivity contribution is -0.144. The number of tetrazole rings is 1. The second-order valence-corrected chi connectivity index (χ2v) is 7.24. The van der Waals surface area contributed by atoms with E-state index in [2.05, 4.69) is 20.8 Å². The van der Waals surface area contributed by atoms with E-state index >= 15 is 0 Å². The first-order chi connectivity index (χ1) is 9.96. The van der Waals surface area contributed by atoms with Gasteiger partial charge in [0.05, 0.1) is 6.04 Å². The molecule has 21 heavy (non-hydrogen) atoms. The van der Waals surface area contributed by atoms with E-state index in [1.807, 2.05) is 18.5 Å². The maximum absolute atomic E-state index is 11.5. The highest BCUT2D eigenvalue weighted by atomic mass is 32.2. The molecule has 1 saturated carbocycles. The van der Waals surface area contributed by atoms with E-state index in [-0.39, 0.29) is 5.25 Å². The van der Waals surface area contributed by atoms with E-state index in [9.17, 15) is 9.90 Å². The Morgan fingerprint density at radius 3 is 2.90 bits per heavy atom. The van der Waals surface area contributed by atoms with Crippen LogP contribution >= 0.6 is 11.8 Å². The largest absolute Gasteiger partial charge is 0.480 e. The molecule has 0 spiro atoms. The third-order valence-electron chi connectivity index (χ3n) is 3.59. The Bertz CT molecular complexity index is 491. The number of aliphatic carboxylic acids is 1. The topological polar surface area (TPSA) is 92.9 Å². The standard InChI is InChI=1S/C13H23N5O2S/c1-4-7-14-13(3,11(19)20)8-9(2)21-12-15-16-17-18(12)10-5-6-10/h9-10,14H,4-8H2,1-3H3,(H,19,20). The third kappa shape index (κ3) is 4.16. The van der Waals surface area contributed by atoms with Crippen LogP contribution in [0.3, 0.4) is 0 Å². The van der Waals surface area contributed by atoms with Crippen LogP contribution in [0.25, 0.3) is 0 Å². The number of carbonyl (C=O) groups is 1. The summed E-state index contributed by atoms with van der Waals surface area (Å²) in [6, 6.07) is 0.429. The van der Waals surface area contributed by atoms with Gasteiger partial charge in [-0.05, 0) is 49.6 Å². The number of carboxylic acid groups (broad SMARTS) is 1. The minimum atomic E-state index is -0.916. The lowest BCUT2D eigenvalue weighted by Crippen LogP contribution is -2.51. The number of carboxylic acids is 1. The summed E-state index contributed by atoms with van der Waals surface area (Å²) in [6.07, 6.45) is 3.67. The van der Waals surface area contributed by atoms with E-state index in [0.29, 0.717) is 19.0 Å². The zero-order valence-corrected chi connectivity index (χ0v) is 13.6. The molecule has 1 aliphatic carbocycles. The lowest BCUT2D eigenvalue weighted by Gasteiger charge is -2.28. The average Bonchev–Trinajstić information content (AvgIpc) is 3.17. The molecule has 0 saturated heterocycles. The monoisotopic (exact) mass is 313 g/mol. The van der Waals surface area contributed by atoms with Crippen molar-refractivity contribution >= 4 is 17.7 Å². The van der Waals surface area contributed by atoms with E-state index in [1.165, 1.54) is 0 Å². The number of thioether (sulfide) groups is 1. The van der Waals surface area contributed by atoms with Crippen LogP contribution < -0.4 is 5.32 Å². The fraction of sp³-hybridized carbons (Fsp3) is 0.846. The molecule has 0 amide bonds. The molecule has 1 aliphatic rings. The highest BCUT2D eigenvalue weighted by Crippen LogP contribution is 2.37. The van der Waals surface area contributed by atoms with Crippen LogP contribution in [0.5, 0.6) is 0 Å². The molecule has 0 radical (unpaired) electrons. The van der Waals surface area contributed by atoms with Crippen molar-refractivity contribution in [1.29, 1.82) is 0 Å². The van der Waals surface area contributed by atoms with Crippen molar-refractivity contribution in [2.75, 3.05) is 6.54 Å². The Hall–Kier alpha value is -1.15. The zero-order valence-electron chi connectivity index (χ0n) is 12.7. The molecule has 118 valence electrons. The maximum Gasteiger partial charge on any atom is 0.323 e. The van der Waals surface area contributed by atoms with Gasteiger partial charge in [0.25, 0.3) is 0 Å². The highest BCUT2D eigenvalue weighted by Gasteiger charge is 2.35. The highest BCUT2D eigenvalue weighted by molar-refractivity contribution is 7.99. The lowest BCUT2D eigenvalue weighted by atomic mass is 9.96. The SMILES string of the molecule is CCCNC(C)(CC(C)Sc1nnnn1C1CC1)C(=O)O. The van der Waals surface area contributed by atoms with E-state index in [1.54, 1.807) is 18.7 Å². The van der Waals surface area contributed by atoms with Crippen molar-refractivity contribution in [1.82, 2.24) is 25.5 Å². The minimum absolute atomic E-state index is 0.110. The van der Waals surface area contributed by atoms with Crippen LogP contribution in [0.4, 0.5) is 0 Å². The number of rotatable bonds is 9. The van der Waals surface area contributed by atoms with Gasteiger partial charge in [-0.1, -0.05) is 25.6 Å². The fourth-order valence-corrected chi connectivity index (χ4v) is 3.40. The fourth-order valence-electron chi connectivity index (χ4n) is 2.24. The normalized spacial score (nSPS) is 19.2. The van der Waals surface area contributed by atoms with Gasteiger partial charge in [-0.2, -0.15) is 0 Å². The average molecular weight is 313 g/mol. The van der Waals surface area contributed by atoms with E-state index in [0.717, 1.165) is 24.4 Å². The Morgan fingerprint density at radius 2 is 2.33 bits per heavy atom. The smallest absolute Gasteiger partial charge is 0.323 e. The molecule has 1 heterocycles. The molecule has 1 aromatic rings. The van der Waals surface area contributed by atoms with Gasteiger partial charge in [0.15, 0.2) is 0 Å². The van der Waals surface area contributed by atoms with Gasteiger partial charge < -0.3 is 10.4 Å². The predicted molar refractivity (Wildman–Crippen MR) is 80.4 cm³/mol. The molecule has 2 atom stereocenters. The number of aromatic nitrogens is 4. The van der Waals surface area contributed by atoms with E-state index in [4.69, 9.17) is 0 Å². The summed E-state index contributed by atoms with van der Waals surface area (Å²) >= 11 is 1.55. The van der Waals surface area contributed by atoms with Crippen molar-refractivity contribution in [2.45, 2.75) is 68.4 Å². The first-order valence-electron chi connectivity index (χ1n) is 7.39. The van der Waals surface area contributed by atoms with Gasteiger partial charge in [0, 0.05) is 5.25 Å². The van der Waals surface area contributed by atoms with Crippen LogP contribution in [0.15, 0.2) is 5.16 Å². The van der Waals surface area contributed by atoms with Crippen molar-refractivity contribution in [3.05, 3.63) is 0 Å². The number of nitrogens with one attached hydrogen (secondary N) is 1. The predicted octanol–water partition coefficient (Wildman–Crippen LogP) is 1.72. The number of hydrogen-bond acceptors (Lipinski definition) is 6. The summed E-state index contributed by atoms with van der Waals surface area (Å²) in [5.74, 6) is -0.815. The second kappa shape index (κ2) is 6.74. The number of hydrogen-bond donors (Lipinski definition) is 2. The molecule has 0 aromatic carbocycles. The summed E-state index contributed by atoms with van der Waals surface area (Å²) in [5.41, 5.74) is -0.916. The van der Waals surface area contributed by atoms with Crippen LogP contribution in [0.2, 0.25) is 0 Å².